The van der Waals surface area contributed by atoms with Gasteiger partial charge in [0.05, 0.1) is 10.6 Å². The number of aliphatic imine (C=N–C) groups is 1. The minimum atomic E-state index is -0.110. The first kappa shape index (κ1) is 22.2. The molecule has 0 aliphatic carbocycles. The maximum atomic E-state index is 12.6. The van der Waals surface area contributed by atoms with Gasteiger partial charge in [-0.3, -0.25) is 4.79 Å². The van der Waals surface area contributed by atoms with Gasteiger partial charge in [0.15, 0.2) is 5.17 Å². The van der Waals surface area contributed by atoms with Crippen LogP contribution in [-0.2, 0) is 10.2 Å². The molecule has 0 atom stereocenters. The third kappa shape index (κ3) is 4.44. The molecule has 0 unspecified atom stereocenters. The number of para-hydroxylation sites is 1. The Hall–Kier alpha value is -3.05. The van der Waals surface area contributed by atoms with Crippen LogP contribution in [0.4, 0.5) is 5.69 Å². The van der Waals surface area contributed by atoms with E-state index in [9.17, 15) is 4.79 Å². The normalized spacial score (nSPS) is 16.8. The Kier molecular flexibility index (Phi) is 5.87. The Labute approximate surface area is 194 Å². The molecule has 32 heavy (non-hydrogen) atoms. The number of aromatic nitrogens is 1. The molecule has 1 aliphatic heterocycles. The van der Waals surface area contributed by atoms with Gasteiger partial charge >= 0.3 is 0 Å². The van der Waals surface area contributed by atoms with E-state index in [2.05, 4.69) is 79.8 Å². The fraction of sp³-hybridized carbons (Fsp3) is 0.259. The maximum absolute atomic E-state index is 12.6. The second-order valence-electron chi connectivity index (χ2n) is 9.23. The van der Waals surface area contributed by atoms with E-state index < -0.39 is 0 Å². The summed E-state index contributed by atoms with van der Waals surface area (Å²) in [6, 6.07) is 18.8. The Morgan fingerprint density at radius 2 is 1.69 bits per heavy atom. The van der Waals surface area contributed by atoms with Crippen molar-refractivity contribution >= 4 is 34.6 Å². The van der Waals surface area contributed by atoms with Crippen molar-refractivity contribution in [3.8, 4) is 5.69 Å². The summed E-state index contributed by atoms with van der Waals surface area (Å²) in [6.07, 6.45) is 1.96. The SMILES string of the molecule is Cc1ccccc1N=C1NC(=O)/C(=C/c2cc(C)n(-c3ccc(C(C)(C)C)cc3)c2C)S1. The van der Waals surface area contributed by atoms with Crippen LogP contribution in [0.25, 0.3) is 11.8 Å². The molecule has 1 aromatic heterocycles. The Balaban J connectivity index is 1.63. The average Bonchev–Trinajstić information content (AvgIpc) is 3.21. The molecular weight excluding hydrogens is 414 g/mol. The zero-order valence-electron chi connectivity index (χ0n) is 19.5. The summed E-state index contributed by atoms with van der Waals surface area (Å²) in [7, 11) is 0. The largest absolute Gasteiger partial charge is 0.318 e. The number of benzene rings is 2. The van der Waals surface area contributed by atoms with Crippen LogP contribution in [0.3, 0.4) is 0 Å². The highest BCUT2D eigenvalue weighted by Crippen LogP contribution is 2.31. The third-order valence-electron chi connectivity index (χ3n) is 5.74. The van der Waals surface area contributed by atoms with E-state index in [-0.39, 0.29) is 11.3 Å². The molecule has 0 saturated carbocycles. The monoisotopic (exact) mass is 443 g/mol. The number of hydrogen-bond acceptors (Lipinski definition) is 3. The smallest absolute Gasteiger partial charge is 0.264 e. The number of thioether (sulfide) groups is 1. The summed E-state index contributed by atoms with van der Waals surface area (Å²) in [5.74, 6) is -0.110. The highest BCUT2D eigenvalue weighted by Gasteiger charge is 2.25. The molecule has 1 aliphatic rings. The fourth-order valence-corrected chi connectivity index (χ4v) is 4.69. The second-order valence-corrected chi connectivity index (χ2v) is 10.3. The van der Waals surface area contributed by atoms with Gasteiger partial charge in [-0.2, -0.15) is 0 Å². The molecule has 0 radical (unpaired) electrons. The van der Waals surface area contributed by atoms with Crippen LogP contribution in [0.5, 0.6) is 0 Å². The number of carbonyl (C=O) groups excluding carboxylic acids is 1. The number of aryl methyl sites for hydroxylation is 2. The molecule has 164 valence electrons. The molecule has 2 heterocycles. The van der Waals surface area contributed by atoms with Gasteiger partial charge in [-0.15, -0.1) is 0 Å². The van der Waals surface area contributed by atoms with Crippen LogP contribution in [0.2, 0.25) is 0 Å². The Bertz CT molecular complexity index is 1240. The average molecular weight is 444 g/mol. The molecule has 0 spiro atoms. The first-order valence-electron chi connectivity index (χ1n) is 10.8. The summed E-state index contributed by atoms with van der Waals surface area (Å²) in [5, 5.41) is 3.50. The maximum Gasteiger partial charge on any atom is 0.264 e. The van der Waals surface area contributed by atoms with E-state index in [0.717, 1.165) is 33.9 Å². The Morgan fingerprint density at radius 1 is 1.00 bits per heavy atom. The Morgan fingerprint density at radius 3 is 2.34 bits per heavy atom. The molecule has 3 aromatic rings. The van der Waals surface area contributed by atoms with Crippen LogP contribution in [-0.4, -0.2) is 15.6 Å². The first-order chi connectivity index (χ1) is 15.1. The second kappa shape index (κ2) is 8.47. The van der Waals surface area contributed by atoms with Gasteiger partial charge in [-0.1, -0.05) is 51.1 Å². The molecule has 5 heteroatoms. The van der Waals surface area contributed by atoms with Gasteiger partial charge in [-0.25, -0.2) is 4.99 Å². The molecule has 1 fully saturated rings. The van der Waals surface area contributed by atoms with Crippen LogP contribution >= 0.6 is 11.8 Å². The highest BCUT2D eigenvalue weighted by molar-refractivity contribution is 8.18. The van der Waals surface area contributed by atoms with E-state index in [0.29, 0.717) is 10.1 Å². The zero-order chi connectivity index (χ0) is 23.0. The predicted molar refractivity (Wildman–Crippen MR) is 136 cm³/mol. The number of rotatable bonds is 3. The van der Waals surface area contributed by atoms with Gasteiger partial charge in [-0.05, 0) is 85.0 Å². The molecule has 2 aromatic carbocycles. The lowest BCUT2D eigenvalue weighted by Gasteiger charge is -2.20. The van der Waals surface area contributed by atoms with Crippen molar-refractivity contribution in [1.29, 1.82) is 0 Å². The van der Waals surface area contributed by atoms with Crippen LogP contribution in [0, 0.1) is 20.8 Å². The molecule has 0 bridgehead atoms. The standard InChI is InChI=1S/C27H29N3OS/c1-17-9-7-8-10-23(17)28-26-29-25(31)24(32-26)16-20-15-18(2)30(19(20)3)22-13-11-21(12-14-22)27(4,5)6/h7-16H,1-6H3,(H,28,29,31)/b24-16-. The van der Waals surface area contributed by atoms with Crippen LogP contribution in [0.15, 0.2) is 64.5 Å². The number of amides is 1. The van der Waals surface area contributed by atoms with Gasteiger partial charge < -0.3 is 9.88 Å². The summed E-state index contributed by atoms with van der Waals surface area (Å²) in [5.41, 5.74) is 7.79. The van der Waals surface area contributed by atoms with Crippen molar-refractivity contribution in [2.24, 2.45) is 4.99 Å². The first-order valence-corrected chi connectivity index (χ1v) is 11.6. The lowest BCUT2D eigenvalue weighted by Crippen LogP contribution is -2.19. The number of amidine groups is 1. The highest BCUT2D eigenvalue weighted by atomic mass is 32.2. The number of carbonyl (C=O) groups is 1. The summed E-state index contributed by atoms with van der Waals surface area (Å²) in [4.78, 5) is 17.9. The zero-order valence-corrected chi connectivity index (χ0v) is 20.3. The molecule has 4 nitrogen and oxygen atoms in total. The molecule has 1 N–H and O–H groups in total. The van der Waals surface area contributed by atoms with Crippen LogP contribution in [0.1, 0.15) is 48.8 Å². The van der Waals surface area contributed by atoms with Crippen molar-refractivity contribution in [2.75, 3.05) is 0 Å². The molecular formula is C27H29N3OS. The molecule has 4 rings (SSSR count). The van der Waals surface area contributed by atoms with Crippen molar-refractivity contribution in [3.63, 3.8) is 0 Å². The van der Waals surface area contributed by atoms with Gasteiger partial charge in [0.25, 0.3) is 5.91 Å². The van der Waals surface area contributed by atoms with Crippen molar-refractivity contribution in [3.05, 3.63) is 87.6 Å². The van der Waals surface area contributed by atoms with E-state index >= 15 is 0 Å². The molecule has 1 saturated heterocycles. The van der Waals surface area contributed by atoms with Crippen molar-refractivity contribution in [2.45, 2.75) is 47.0 Å². The van der Waals surface area contributed by atoms with Crippen molar-refractivity contribution in [1.82, 2.24) is 9.88 Å². The van der Waals surface area contributed by atoms with Gasteiger partial charge in [0, 0.05) is 17.1 Å². The van der Waals surface area contributed by atoms with Crippen molar-refractivity contribution < 1.29 is 4.79 Å². The van der Waals surface area contributed by atoms with E-state index in [1.54, 1.807) is 0 Å². The van der Waals surface area contributed by atoms with E-state index in [1.165, 1.54) is 17.3 Å². The van der Waals surface area contributed by atoms with Gasteiger partial charge in [0.2, 0.25) is 0 Å². The van der Waals surface area contributed by atoms with Crippen LogP contribution < -0.4 is 5.32 Å². The lowest BCUT2D eigenvalue weighted by molar-refractivity contribution is -0.115. The summed E-state index contributed by atoms with van der Waals surface area (Å²) >= 11 is 1.38. The summed E-state index contributed by atoms with van der Waals surface area (Å²) < 4.78 is 2.23. The topological polar surface area (TPSA) is 46.4 Å². The number of nitrogens with one attached hydrogen (secondary N) is 1. The molecule has 1 amide bonds. The third-order valence-corrected chi connectivity index (χ3v) is 6.65. The number of hydrogen-bond donors (Lipinski definition) is 1. The van der Waals surface area contributed by atoms with E-state index in [4.69, 9.17) is 0 Å². The fourth-order valence-electron chi connectivity index (χ4n) is 3.86. The van der Waals surface area contributed by atoms with E-state index in [1.807, 2.05) is 37.3 Å². The quantitative estimate of drug-likeness (QED) is 0.464. The lowest BCUT2D eigenvalue weighted by atomic mass is 9.87. The summed E-state index contributed by atoms with van der Waals surface area (Å²) in [6.45, 7) is 12.9. The number of nitrogens with zero attached hydrogens (tertiary/aromatic N) is 2. The van der Waals surface area contributed by atoms with Gasteiger partial charge in [0.1, 0.15) is 0 Å². The minimum absolute atomic E-state index is 0.110. The minimum Gasteiger partial charge on any atom is -0.318 e. The predicted octanol–water partition coefficient (Wildman–Crippen LogP) is 6.59.